The van der Waals surface area contributed by atoms with Crippen LogP contribution in [0.2, 0.25) is 0 Å². The summed E-state index contributed by atoms with van der Waals surface area (Å²) in [6.45, 7) is 5.16. The molecule has 22 heavy (non-hydrogen) atoms. The Labute approximate surface area is 136 Å². The van der Waals surface area contributed by atoms with Gasteiger partial charge in [-0.25, -0.2) is 4.79 Å². The molecule has 3 rings (SSSR count). The van der Waals surface area contributed by atoms with Crippen molar-refractivity contribution < 1.29 is 31.4 Å². The summed E-state index contributed by atoms with van der Waals surface area (Å²) in [4.78, 5) is 14.5. The third-order valence-electron chi connectivity index (χ3n) is 3.88. The fourth-order valence-corrected chi connectivity index (χ4v) is 2.82. The number of nitrogens with zero attached hydrogens (tertiary/aromatic N) is 1. The zero-order chi connectivity index (χ0) is 14.7. The first kappa shape index (κ1) is 16.9. The molecule has 2 heterocycles. The summed E-state index contributed by atoms with van der Waals surface area (Å²) in [7, 11) is 0. The lowest BCUT2D eigenvalue weighted by Crippen LogP contribution is -3.00. The highest BCUT2D eigenvalue weighted by molar-refractivity contribution is 5.90. The third-order valence-corrected chi connectivity index (χ3v) is 3.88. The Kier molecular flexibility index (Phi) is 5.91. The number of likely N-dealkylation sites (tertiary alicyclic amines) is 1. The van der Waals surface area contributed by atoms with Gasteiger partial charge in [0.1, 0.15) is 6.10 Å². The highest BCUT2D eigenvalue weighted by Crippen LogP contribution is 2.32. The SMILES string of the molecule is CC(CN1CCCCC1)OC(=O)c1ccc2c(c1)OCO2.[Cl-]. The fraction of sp³-hybridized carbons (Fsp3) is 0.562. The maximum Gasteiger partial charge on any atom is 0.338 e. The zero-order valence-corrected chi connectivity index (χ0v) is 13.5. The fourth-order valence-electron chi connectivity index (χ4n) is 2.82. The number of ether oxygens (including phenoxy) is 3. The molecule has 0 aliphatic carbocycles. The van der Waals surface area contributed by atoms with Crippen molar-refractivity contribution in [3.63, 3.8) is 0 Å². The molecule has 0 N–H and O–H groups in total. The van der Waals surface area contributed by atoms with Crippen molar-refractivity contribution in [2.45, 2.75) is 32.3 Å². The maximum atomic E-state index is 12.2. The largest absolute Gasteiger partial charge is 1.00 e. The number of hydrogen-bond donors (Lipinski definition) is 0. The van der Waals surface area contributed by atoms with E-state index in [1.54, 1.807) is 18.2 Å². The van der Waals surface area contributed by atoms with Crippen molar-refractivity contribution in [1.29, 1.82) is 0 Å². The minimum absolute atomic E-state index is 0. The molecule has 1 aromatic carbocycles. The summed E-state index contributed by atoms with van der Waals surface area (Å²) >= 11 is 0. The van der Waals surface area contributed by atoms with E-state index in [0.29, 0.717) is 17.1 Å². The van der Waals surface area contributed by atoms with Crippen LogP contribution in [0, 0.1) is 0 Å². The van der Waals surface area contributed by atoms with Crippen LogP contribution in [0.4, 0.5) is 0 Å². The number of piperidine rings is 1. The Morgan fingerprint density at radius 2 is 1.95 bits per heavy atom. The van der Waals surface area contributed by atoms with Crippen LogP contribution >= 0.6 is 0 Å². The smallest absolute Gasteiger partial charge is 0.338 e. The molecule has 1 unspecified atom stereocenters. The second-order valence-corrected chi connectivity index (χ2v) is 5.65. The third kappa shape index (κ3) is 4.05. The number of carbonyl (C=O) groups excluding carboxylic acids is 1. The van der Waals surface area contributed by atoms with Gasteiger partial charge in [0.2, 0.25) is 6.79 Å². The van der Waals surface area contributed by atoms with Crippen molar-refractivity contribution in [3.05, 3.63) is 23.8 Å². The van der Waals surface area contributed by atoms with Crippen LogP contribution in [0.25, 0.3) is 0 Å². The normalized spacial score (nSPS) is 18.4. The van der Waals surface area contributed by atoms with E-state index < -0.39 is 0 Å². The van der Waals surface area contributed by atoms with Crippen LogP contribution in [-0.2, 0) is 4.74 Å². The molecule has 122 valence electrons. The Morgan fingerprint density at radius 1 is 1.23 bits per heavy atom. The van der Waals surface area contributed by atoms with Gasteiger partial charge in [0.15, 0.2) is 11.5 Å². The summed E-state index contributed by atoms with van der Waals surface area (Å²) < 4.78 is 16.0. The van der Waals surface area contributed by atoms with Gasteiger partial charge in [0.05, 0.1) is 5.56 Å². The molecule has 0 aromatic heterocycles. The zero-order valence-electron chi connectivity index (χ0n) is 12.7. The Hall–Kier alpha value is -1.46. The molecule has 1 saturated heterocycles. The lowest BCUT2D eigenvalue weighted by Gasteiger charge is -2.28. The molecular formula is C16H21ClNO4-. The number of halogens is 1. The van der Waals surface area contributed by atoms with Gasteiger partial charge in [-0.3, -0.25) is 4.90 Å². The summed E-state index contributed by atoms with van der Waals surface area (Å²) in [5.41, 5.74) is 0.504. The average molecular weight is 327 g/mol. The predicted octanol–water partition coefficient (Wildman–Crippen LogP) is -0.549. The van der Waals surface area contributed by atoms with Gasteiger partial charge in [-0.2, -0.15) is 0 Å². The lowest BCUT2D eigenvalue weighted by molar-refractivity contribution is -0.0000450. The Balaban J connectivity index is 0.00000176. The van der Waals surface area contributed by atoms with Crippen LogP contribution < -0.4 is 21.9 Å². The van der Waals surface area contributed by atoms with Gasteiger partial charge in [-0.1, -0.05) is 6.42 Å². The van der Waals surface area contributed by atoms with Gasteiger partial charge in [0.25, 0.3) is 0 Å². The second kappa shape index (κ2) is 7.70. The summed E-state index contributed by atoms with van der Waals surface area (Å²) in [5, 5.41) is 0. The Morgan fingerprint density at radius 3 is 2.73 bits per heavy atom. The molecule has 1 fully saturated rings. The number of esters is 1. The van der Waals surface area contributed by atoms with E-state index >= 15 is 0 Å². The van der Waals surface area contributed by atoms with Crippen LogP contribution in [-0.4, -0.2) is 43.4 Å². The summed E-state index contributed by atoms with van der Waals surface area (Å²) in [5.74, 6) is 0.971. The van der Waals surface area contributed by atoms with Crippen molar-refractivity contribution in [2.24, 2.45) is 0 Å². The van der Waals surface area contributed by atoms with E-state index in [1.165, 1.54) is 19.3 Å². The number of benzene rings is 1. The topological polar surface area (TPSA) is 48.0 Å². The van der Waals surface area contributed by atoms with Gasteiger partial charge in [-0.05, 0) is 51.1 Å². The van der Waals surface area contributed by atoms with E-state index in [4.69, 9.17) is 14.2 Å². The lowest BCUT2D eigenvalue weighted by atomic mass is 10.1. The molecule has 2 aliphatic heterocycles. The van der Waals surface area contributed by atoms with Crippen molar-refractivity contribution >= 4 is 5.97 Å². The molecule has 5 nitrogen and oxygen atoms in total. The van der Waals surface area contributed by atoms with Crippen LogP contribution in [0.5, 0.6) is 11.5 Å². The molecule has 1 aromatic rings. The first-order chi connectivity index (χ1) is 10.2. The highest BCUT2D eigenvalue weighted by atomic mass is 35.5. The number of fused-ring (bicyclic) bond motifs is 1. The van der Waals surface area contributed by atoms with Crippen molar-refractivity contribution in [1.82, 2.24) is 4.90 Å². The molecule has 0 radical (unpaired) electrons. The van der Waals surface area contributed by atoms with Crippen LogP contribution in [0.15, 0.2) is 18.2 Å². The molecule has 2 aliphatic rings. The summed E-state index contributed by atoms with van der Waals surface area (Å²) in [6, 6.07) is 5.13. The van der Waals surface area contributed by atoms with Crippen LogP contribution in [0.1, 0.15) is 36.5 Å². The molecule has 0 spiro atoms. The monoisotopic (exact) mass is 326 g/mol. The van der Waals surface area contributed by atoms with Crippen molar-refractivity contribution in [3.8, 4) is 11.5 Å². The molecule has 6 heteroatoms. The quantitative estimate of drug-likeness (QED) is 0.695. The maximum absolute atomic E-state index is 12.2. The number of hydrogen-bond acceptors (Lipinski definition) is 5. The van der Waals surface area contributed by atoms with Gasteiger partial charge in [0, 0.05) is 6.54 Å². The van der Waals surface area contributed by atoms with Gasteiger partial charge in [-0.15, -0.1) is 0 Å². The number of rotatable bonds is 4. The molecular weight excluding hydrogens is 306 g/mol. The first-order valence-electron chi connectivity index (χ1n) is 7.55. The number of carbonyl (C=O) groups is 1. The molecule has 0 saturated carbocycles. The van der Waals surface area contributed by atoms with E-state index in [-0.39, 0.29) is 31.3 Å². The molecule has 0 amide bonds. The minimum Gasteiger partial charge on any atom is -1.00 e. The Bertz CT molecular complexity index is 517. The van der Waals surface area contributed by atoms with E-state index in [9.17, 15) is 4.79 Å². The minimum atomic E-state index is -0.308. The van der Waals surface area contributed by atoms with Gasteiger partial charge >= 0.3 is 5.97 Å². The first-order valence-corrected chi connectivity index (χ1v) is 7.55. The van der Waals surface area contributed by atoms with Crippen LogP contribution in [0.3, 0.4) is 0 Å². The van der Waals surface area contributed by atoms with Crippen molar-refractivity contribution in [2.75, 3.05) is 26.4 Å². The second-order valence-electron chi connectivity index (χ2n) is 5.65. The van der Waals surface area contributed by atoms with E-state index in [1.807, 2.05) is 6.92 Å². The highest BCUT2D eigenvalue weighted by Gasteiger charge is 2.20. The average Bonchev–Trinajstić information content (AvgIpc) is 2.95. The summed E-state index contributed by atoms with van der Waals surface area (Å²) in [6.07, 6.45) is 3.68. The van der Waals surface area contributed by atoms with E-state index in [0.717, 1.165) is 19.6 Å². The standard InChI is InChI=1S/C16H21NO4.ClH/c1-12(10-17-7-3-2-4-8-17)21-16(18)13-5-6-14-15(9-13)20-11-19-14;/h5-6,9,12H,2-4,7-8,10-11H2,1H3;1H/p-1. The molecule has 1 atom stereocenters. The predicted molar refractivity (Wildman–Crippen MR) is 77.7 cm³/mol. The molecule has 0 bridgehead atoms. The van der Waals surface area contributed by atoms with E-state index in [2.05, 4.69) is 4.90 Å². The van der Waals surface area contributed by atoms with Gasteiger partial charge < -0.3 is 26.6 Å².